The van der Waals surface area contributed by atoms with E-state index >= 15 is 0 Å². The second-order valence-electron chi connectivity index (χ2n) is 5.73. The molecule has 24 heavy (non-hydrogen) atoms. The first kappa shape index (κ1) is 15.1. The summed E-state index contributed by atoms with van der Waals surface area (Å²) in [7, 11) is 0. The Bertz CT molecular complexity index is 837. The van der Waals surface area contributed by atoms with Gasteiger partial charge in [-0.3, -0.25) is 4.79 Å². The van der Waals surface area contributed by atoms with Gasteiger partial charge in [0, 0.05) is 19.0 Å². The maximum Gasteiger partial charge on any atom is 0.273 e. The van der Waals surface area contributed by atoms with Crippen LogP contribution in [0.5, 0.6) is 0 Å². The molecule has 0 unspecified atom stereocenters. The Morgan fingerprint density at radius 1 is 1.33 bits per heavy atom. The van der Waals surface area contributed by atoms with Gasteiger partial charge < -0.3 is 14.4 Å². The molecule has 1 aliphatic rings. The van der Waals surface area contributed by atoms with Gasteiger partial charge in [-0.25, -0.2) is 0 Å². The number of thiophene rings is 1. The van der Waals surface area contributed by atoms with E-state index in [0.29, 0.717) is 12.3 Å². The molecule has 0 spiro atoms. The minimum atomic E-state index is -0.271. The standard InChI is InChI=1S/C16H17N5O2S/c22-16(11-9-12(23-20-11)13-5-4-8-24-13)17-10-15-19-18-14-6-2-1-3-7-21(14)15/h4-5,8-9H,1-3,6-7,10H2,(H,17,22). The van der Waals surface area contributed by atoms with Crippen molar-refractivity contribution in [2.24, 2.45) is 0 Å². The molecule has 0 aliphatic carbocycles. The first-order valence-electron chi connectivity index (χ1n) is 8.01. The zero-order valence-corrected chi connectivity index (χ0v) is 13.9. The second-order valence-corrected chi connectivity index (χ2v) is 6.68. The van der Waals surface area contributed by atoms with Crippen LogP contribution in [-0.2, 0) is 19.5 Å². The SMILES string of the molecule is O=C(NCc1nnc2n1CCCCC2)c1cc(-c2cccs2)on1. The number of hydrogen-bond acceptors (Lipinski definition) is 6. The molecule has 0 saturated carbocycles. The third-order valence-corrected chi connectivity index (χ3v) is 4.98. The number of hydrogen-bond donors (Lipinski definition) is 1. The fourth-order valence-electron chi connectivity index (χ4n) is 2.84. The van der Waals surface area contributed by atoms with Crippen molar-refractivity contribution in [3.8, 4) is 10.6 Å². The maximum atomic E-state index is 12.3. The van der Waals surface area contributed by atoms with Crippen molar-refractivity contribution < 1.29 is 9.32 Å². The summed E-state index contributed by atoms with van der Waals surface area (Å²) in [4.78, 5) is 13.2. The molecule has 3 aromatic rings. The van der Waals surface area contributed by atoms with E-state index in [-0.39, 0.29) is 11.6 Å². The van der Waals surface area contributed by atoms with Crippen LogP contribution in [0.1, 0.15) is 41.4 Å². The van der Waals surface area contributed by atoms with Crippen LogP contribution < -0.4 is 5.32 Å². The second kappa shape index (κ2) is 6.56. The van der Waals surface area contributed by atoms with Crippen LogP contribution in [0.25, 0.3) is 10.6 Å². The monoisotopic (exact) mass is 343 g/mol. The van der Waals surface area contributed by atoms with E-state index < -0.39 is 0 Å². The maximum absolute atomic E-state index is 12.3. The van der Waals surface area contributed by atoms with Gasteiger partial charge in [-0.1, -0.05) is 17.6 Å². The van der Waals surface area contributed by atoms with Crippen molar-refractivity contribution in [1.82, 2.24) is 25.2 Å². The lowest BCUT2D eigenvalue weighted by Gasteiger charge is -2.07. The van der Waals surface area contributed by atoms with Crippen molar-refractivity contribution in [3.63, 3.8) is 0 Å². The fraction of sp³-hybridized carbons (Fsp3) is 0.375. The number of aromatic nitrogens is 4. The molecule has 4 rings (SSSR count). The molecule has 7 nitrogen and oxygen atoms in total. The van der Waals surface area contributed by atoms with Crippen molar-refractivity contribution in [1.29, 1.82) is 0 Å². The van der Waals surface area contributed by atoms with E-state index in [0.717, 1.165) is 42.3 Å². The molecule has 3 aromatic heterocycles. The number of amides is 1. The minimum absolute atomic E-state index is 0.271. The highest BCUT2D eigenvalue weighted by Crippen LogP contribution is 2.25. The highest BCUT2D eigenvalue weighted by molar-refractivity contribution is 7.13. The lowest BCUT2D eigenvalue weighted by molar-refractivity contribution is 0.0940. The van der Waals surface area contributed by atoms with E-state index in [9.17, 15) is 4.79 Å². The van der Waals surface area contributed by atoms with Gasteiger partial charge in [0.2, 0.25) is 0 Å². The molecule has 0 aromatic carbocycles. The van der Waals surface area contributed by atoms with Crippen molar-refractivity contribution in [2.45, 2.75) is 38.8 Å². The van der Waals surface area contributed by atoms with Crippen LogP contribution >= 0.6 is 11.3 Å². The fourth-order valence-corrected chi connectivity index (χ4v) is 3.52. The third-order valence-electron chi connectivity index (χ3n) is 4.10. The predicted molar refractivity (Wildman–Crippen MR) is 88.6 cm³/mol. The van der Waals surface area contributed by atoms with Crippen molar-refractivity contribution in [3.05, 3.63) is 40.9 Å². The first-order valence-corrected chi connectivity index (χ1v) is 8.89. The highest BCUT2D eigenvalue weighted by Gasteiger charge is 2.17. The molecule has 0 saturated heterocycles. The molecule has 0 radical (unpaired) electrons. The van der Waals surface area contributed by atoms with E-state index in [2.05, 4.69) is 25.2 Å². The van der Waals surface area contributed by atoms with Gasteiger partial charge in [-0.15, -0.1) is 21.5 Å². The third kappa shape index (κ3) is 2.96. The number of nitrogens with one attached hydrogen (secondary N) is 1. The smallest absolute Gasteiger partial charge is 0.273 e. The Kier molecular flexibility index (Phi) is 4.12. The molecule has 1 aliphatic heterocycles. The summed E-state index contributed by atoms with van der Waals surface area (Å²) in [5.74, 6) is 2.14. The van der Waals surface area contributed by atoms with Crippen LogP contribution in [0.4, 0.5) is 0 Å². The normalized spacial score (nSPS) is 14.2. The van der Waals surface area contributed by atoms with Crippen molar-refractivity contribution in [2.75, 3.05) is 0 Å². The quantitative estimate of drug-likeness (QED) is 0.787. The van der Waals surface area contributed by atoms with Gasteiger partial charge >= 0.3 is 0 Å². The lowest BCUT2D eigenvalue weighted by Crippen LogP contribution is -2.25. The van der Waals surface area contributed by atoms with E-state index in [4.69, 9.17) is 4.52 Å². The number of fused-ring (bicyclic) bond motifs is 1. The number of nitrogens with zero attached hydrogens (tertiary/aromatic N) is 4. The summed E-state index contributed by atoms with van der Waals surface area (Å²) in [5.41, 5.74) is 0.272. The van der Waals surface area contributed by atoms with Gasteiger partial charge in [0.05, 0.1) is 11.4 Å². The van der Waals surface area contributed by atoms with Gasteiger partial charge in [-0.2, -0.15) is 0 Å². The van der Waals surface area contributed by atoms with Crippen LogP contribution in [0.3, 0.4) is 0 Å². The van der Waals surface area contributed by atoms with Gasteiger partial charge in [-0.05, 0) is 24.3 Å². The minimum Gasteiger partial charge on any atom is -0.355 e. The van der Waals surface area contributed by atoms with E-state index in [1.807, 2.05) is 17.5 Å². The Labute approximate surface area is 142 Å². The zero-order chi connectivity index (χ0) is 16.4. The topological polar surface area (TPSA) is 85.8 Å². The number of carbonyl (C=O) groups excluding carboxylic acids is 1. The molecule has 8 heteroatoms. The highest BCUT2D eigenvalue weighted by atomic mass is 32.1. The predicted octanol–water partition coefficient (Wildman–Crippen LogP) is 2.65. The summed E-state index contributed by atoms with van der Waals surface area (Å²) >= 11 is 1.54. The van der Waals surface area contributed by atoms with Gasteiger partial charge in [0.15, 0.2) is 17.3 Å². The van der Waals surface area contributed by atoms with Gasteiger partial charge in [0.1, 0.15) is 5.82 Å². The molecule has 1 amide bonds. The zero-order valence-electron chi connectivity index (χ0n) is 13.1. The molecule has 1 N–H and O–H groups in total. The lowest BCUT2D eigenvalue weighted by atomic mass is 10.2. The largest absolute Gasteiger partial charge is 0.355 e. The summed E-state index contributed by atoms with van der Waals surface area (Å²) in [6.45, 7) is 1.26. The van der Waals surface area contributed by atoms with E-state index in [1.165, 1.54) is 6.42 Å². The Morgan fingerprint density at radius 2 is 2.29 bits per heavy atom. The summed E-state index contributed by atoms with van der Waals surface area (Å²) < 4.78 is 7.36. The van der Waals surface area contributed by atoms with Crippen LogP contribution in [0.2, 0.25) is 0 Å². The number of carbonyl (C=O) groups is 1. The summed E-state index contributed by atoms with van der Waals surface area (Å²) in [5, 5.41) is 17.1. The molecule has 0 fully saturated rings. The summed E-state index contributed by atoms with van der Waals surface area (Å²) in [6, 6.07) is 5.52. The Morgan fingerprint density at radius 3 is 3.17 bits per heavy atom. The molecule has 0 bridgehead atoms. The van der Waals surface area contributed by atoms with Crippen LogP contribution in [0, 0.1) is 0 Å². The molecule has 4 heterocycles. The Hall–Kier alpha value is -2.48. The molecule has 0 atom stereocenters. The average Bonchev–Trinajstić information content (AvgIpc) is 3.31. The van der Waals surface area contributed by atoms with E-state index in [1.54, 1.807) is 17.4 Å². The average molecular weight is 343 g/mol. The van der Waals surface area contributed by atoms with Crippen LogP contribution in [0.15, 0.2) is 28.1 Å². The molecule has 124 valence electrons. The van der Waals surface area contributed by atoms with Crippen molar-refractivity contribution >= 4 is 17.2 Å². The molecular weight excluding hydrogens is 326 g/mol. The number of aryl methyl sites for hydroxylation is 1. The van der Waals surface area contributed by atoms with Gasteiger partial charge in [0.25, 0.3) is 5.91 Å². The summed E-state index contributed by atoms with van der Waals surface area (Å²) in [6.07, 6.45) is 4.43. The Balaban J connectivity index is 1.43. The first-order chi connectivity index (χ1) is 11.8. The number of rotatable bonds is 4. The molecular formula is C16H17N5O2S. The van der Waals surface area contributed by atoms with Crippen LogP contribution in [-0.4, -0.2) is 25.8 Å².